The van der Waals surface area contributed by atoms with Gasteiger partial charge in [0, 0.05) is 38.1 Å². The molecule has 2 heterocycles. The number of piperidine rings is 1. The van der Waals surface area contributed by atoms with Crippen molar-refractivity contribution < 1.29 is 4.74 Å². The van der Waals surface area contributed by atoms with Crippen LogP contribution in [0.4, 0.5) is 5.95 Å². The maximum Gasteiger partial charge on any atom is 0.225 e. The molecule has 1 aliphatic rings. The molecule has 0 spiro atoms. The number of anilines is 1. The van der Waals surface area contributed by atoms with Gasteiger partial charge < -0.3 is 15.4 Å². The molecule has 1 unspecified atom stereocenters. The first-order valence-electron chi connectivity index (χ1n) is 7.12. The second kappa shape index (κ2) is 6.82. The number of hydrogen-bond acceptors (Lipinski definition) is 5. The normalized spacial score (nSPS) is 18.6. The van der Waals surface area contributed by atoms with Crippen molar-refractivity contribution in [3.05, 3.63) is 18.0 Å². The van der Waals surface area contributed by atoms with E-state index in [1.807, 2.05) is 26.2 Å². The largest absolute Gasteiger partial charge is 0.378 e. The van der Waals surface area contributed by atoms with E-state index in [-0.39, 0.29) is 6.04 Å². The van der Waals surface area contributed by atoms with Crippen LogP contribution in [0.25, 0.3) is 0 Å². The molecule has 1 saturated heterocycles. The molecular weight excluding hydrogens is 240 g/mol. The summed E-state index contributed by atoms with van der Waals surface area (Å²) in [6.07, 6.45) is 7.11. The Morgan fingerprint density at radius 1 is 1.37 bits per heavy atom. The molecule has 106 valence electrons. The Morgan fingerprint density at radius 3 is 2.53 bits per heavy atom. The Labute approximate surface area is 115 Å². The fraction of sp³-hybridized carbons (Fsp3) is 0.714. The Morgan fingerprint density at radius 2 is 2.00 bits per heavy atom. The van der Waals surface area contributed by atoms with Gasteiger partial charge in [-0.15, -0.1) is 0 Å². The first kappa shape index (κ1) is 14.2. The number of rotatable bonds is 5. The van der Waals surface area contributed by atoms with Gasteiger partial charge in [-0.05, 0) is 38.7 Å². The van der Waals surface area contributed by atoms with Gasteiger partial charge in [0.2, 0.25) is 5.95 Å². The van der Waals surface area contributed by atoms with E-state index < -0.39 is 0 Å². The smallest absolute Gasteiger partial charge is 0.225 e. The maximum atomic E-state index is 5.77. The summed E-state index contributed by atoms with van der Waals surface area (Å²) in [6.45, 7) is 6.78. The minimum absolute atomic E-state index is 0.149. The predicted octanol–water partition coefficient (Wildman–Crippen LogP) is 1.37. The van der Waals surface area contributed by atoms with E-state index in [0.717, 1.165) is 50.5 Å². The fourth-order valence-corrected chi connectivity index (χ4v) is 2.45. The van der Waals surface area contributed by atoms with Crippen molar-refractivity contribution in [2.24, 2.45) is 5.73 Å². The van der Waals surface area contributed by atoms with E-state index in [1.165, 1.54) is 0 Å². The Hall–Kier alpha value is -1.20. The second-order valence-corrected chi connectivity index (χ2v) is 5.21. The van der Waals surface area contributed by atoms with Gasteiger partial charge in [-0.25, -0.2) is 9.97 Å². The summed E-state index contributed by atoms with van der Waals surface area (Å²) in [5.41, 5.74) is 6.87. The molecule has 0 radical (unpaired) electrons. The minimum Gasteiger partial charge on any atom is -0.378 e. The average Bonchev–Trinajstić information content (AvgIpc) is 2.40. The fourth-order valence-electron chi connectivity index (χ4n) is 2.45. The van der Waals surface area contributed by atoms with Crippen molar-refractivity contribution in [1.82, 2.24) is 9.97 Å². The molecule has 0 aliphatic carbocycles. The van der Waals surface area contributed by atoms with Crippen LogP contribution in [-0.2, 0) is 11.2 Å². The van der Waals surface area contributed by atoms with Gasteiger partial charge in [0.05, 0.1) is 6.10 Å². The summed E-state index contributed by atoms with van der Waals surface area (Å²) in [7, 11) is 0. The van der Waals surface area contributed by atoms with Crippen molar-refractivity contribution >= 4 is 5.95 Å². The molecule has 5 nitrogen and oxygen atoms in total. The number of aromatic nitrogens is 2. The van der Waals surface area contributed by atoms with Gasteiger partial charge in [-0.3, -0.25) is 0 Å². The van der Waals surface area contributed by atoms with E-state index in [4.69, 9.17) is 10.5 Å². The quantitative estimate of drug-likeness (QED) is 0.870. The van der Waals surface area contributed by atoms with Crippen LogP contribution >= 0.6 is 0 Å². The van der Waals surface area contributed by atoms with E-state index in [2.05, 4.69) is 14.9 Å². The first-order chi connectivity index (χ1) is 9.19. The summed E-state index contributed by atoms with van der Waals surface area (Å²) < 4.78 is 5.65. The summed E-state index contributed by atoms with van der Waals surface area (Å²) in [4.78, 5) is 11.1. The molecule has 1 aromatic heterocycles. The Kier molecular flexibility index (Phi) is 5.10. The molecule has 0 amide bonds. The molecule has 2 N–H and O–H groups in total. The molecule has 5 heteroatoms. The Balaban J connectivity index is 1.89. The van der Waals surface area contributed by atoms with E-state index in [0.29, 0.717) is 6.10 Å². The van der Waals surface area contributed by atoms with Crippen LogP contribution in [0, 0.1) is 0 Å². The van der Waals surface area contributed by atoms with Crippen LogP contribution < -0.4 is 10.6 Å². The van der Waals surface area contributed by atoms with Crippen LogP contribution in [0.5, 0.6) is 0 Å². The van der Waals surface area contributed by atoms with Crippen LogP contribution in [0.15, 0.2) is 12.4 Å². The predicted molar refractivity (Wildman–Crippen MR) is 76.2 cm³/mol. The summed E-state index contributed by atoms with van der Waals surface area (Å²) in [6, 6.07) is 0.149. The molecule has 0 aromatic carbocycles. The monoisotopic (exact) mass is 264 g/mol. The van der Waals surface area contributed by atoms with Gasteiger partial charge in [-0.1, -0.05) is 0 Å². The number of nitrogens with two attached hydrogens (primary N) is 1. The highest BCUT2D eigenvalue weighted by molar-refractivity contribution is 5.30. The third-order valence-corrected chi connectivity index (χ3v) is 3.38. The highest BCUT2D eigenvalue weighted by Gasteiger charge is 2.20. The molecule has 2 rings (SSSR count). The average molecular weight is 264 g/mol. The van der Waals surface area contributed by atoms with Crippen LogP contribution in [0.1, 0.15) is 32.3 Å². The molecular formula is C14H24N4O. The van der Waals surface area contributed by atoms with Crippen LogP contribution in [-0.4, -0.2) is 41.8 Å². The molecule has 1 atom stereocenters. The molecule has 1 aromatic rings. The van der Waals surface area contributed by atoms with Gasteiger partial charge in [0.25, 0.3) is 0 Å². The van der Waals surface area contributed by atoms with Crippen molar-refractivity contribution in [3.8, 4) is 0 Å². The number of ether oxygens (including phenoxy) is 1. The highest BCUT2D eigenvalue weighted by atomic mass is 16.5. The van der Waals surface area contributed by atoms with Crippen molar-refractivity contribution in [1.29, 1.82) is 0 Å². The summed E-state index contributed by atoms with van der Waals surface area (Å²) in [5.74, 6) is 0.823. The van der Waals surface area contributed by atoms with Crippen molar-refractivity contribution in [3.63, 3.8) is 0 Å². The molecule has 0 saturated carbocycles. The van der Waals surface area contributed by atoms with Gasteiger partial charge in [0.15, 0.2) is 0 Å². The van der Waals surface area contributed by atoms with Gasteiger partial charge >= 0.3 is 0 Å². The van der Waals surface area contributed by atoms with Crippen LogP contribution in [0.3, 0.4) is 0 Å². The van der Waals surface area contributed by atoms with E-state index in [9.17, 15) is 0 Å². The zero-order valence-electron chi connectivity index (χ0n) is 11.9. The van der Waals surface area contributed by atoms with E-state index in [1.54, 1.807) is 0 Å². The lowest BCUT2D eigenvalue weighted by atomic mass is 10.1. The molecule has 0 bridgehead atoms. The zero-order valence-corrected chi connectivity index (χ0v) is 11.9. The lowest BCUT2D eigenvalue weighted by Crippen LogP contribution is -2.38. The maximum absolute atomic E-state index is 5.77. The minimum atomic E-state index is 0.149. The molecule has 19 heavy (non-hydrogen) atoms. The van der Waals surface area contributed by atoms with Gasteiger partial charge in [-0.2, -0.15) is 0 Å². The topological polar surface area (TPSA) is 64.3 Å². The number of hydrogen-bond donors (Lipinski definition) is 1. The Bertz CT molecular complexity index is 372. The number of nitrogens with zero attached hydrogens (tertiary/aromatic N) is 3. The zero-order chi connectivity index (χ0) is 13.7. The third-order valence-electron chi connectivity index (χ3n) is 3.38. The standard InChI is InChI=1S/C14H24N4O/c1-3-19-13-4-6-18(7-5-13)14-16-9-12(10-17-14)8-11(2)15/h9-11,13H,3-8,15H2,1-2H3. The molecule has 1 aliphatic heterocycles. The second-order valence-electron chi connectivity index (χ2n) is 5.21. The van der Waals surface area contributed by atoms with Gasteiger partial charge in [0.1, 0.15) is 0 Å². The van der Waals surface area contributed by atoms with E-state index >= 15 is 0 Å². The van der Waals surface area contributed by atoms with Crippen molar-refractivity contribution in [2.45, 2.75) is 45.3 Å². The third kappa shape index (κ3) is 4.14. The van der Waals surface area contributed by atoms with Crippen LogP contribution in [0.2, 0.25) is 0 Å². The lowest BCUT2D eigenvalue weighted by Gasteiger charge is -2.31. The first-order valence-corrected chi connectivity index (χ1v) is 7.12. The van der Waals surface area contributed by atoms with Crippen molar-refractivity contribution in [2.75, 3.05) is 24.6 Å². The summed E-state index contributed by atoms with van der Waals surface area (Å²) in [5, 5.41) is 0. The highest BCUT2D eigenvalue weighted by Crippen LogP contribution is 2.18. The lowest BCUT2D eigenvalue weighted by molar-refractivity contribution is 0.0457. The molecule has 1 fully saturated rings. The SMILES string of the molecule is CCOC1CCN(c2ncc(CC(C)N)cn2)CC1. The summed E-state index contributed by atoms with van der Waals surface area (Å²) >= 11 is 0.